The maximum absolute atomic E-state index is 12.4. The van der Waals surface area contributed by atoms with Crippen LogP contribution in [0, 0.1) is 5.92 Å². The number of methoxy groups -OCH3 is 1. The summed E-state index contributed by atoms with van der Waals surface area (Å²) in [4.78, 5) is 14.3. The van der Waals surface area contributed by atoms with Crippen LogP contribution in [0.5, 0.6) is 0 Å². The highest BCUT2D eigenvalue weighted by atomic mass is 16.5. The van der Waals surface area contributed by atoms with Crippen LogP contribution in [0.4, 0.5) is 4.79 Å². The third-order valence-corrected chi connectivity index (χ3v) is 5.04. The minimum absolute atomic E-state index is 0.0604. The molecule has 0 saturated carbocycles. The topological polar surface area (TPSA) is 50.8 Å². The maximum atomic E-state index is 12.4. The second kappa shape index (κ2) is 7.64. The van der Waals surface area contributed by atoms with Crippen LogP contribution in [-0.2, 0) is 9.47 Å². The molecule has 0 aromatic rings. The Morgan fingerprint density at radius 2 is 2.05 bits per heavy atom. The molecule has 2 atom stereocenters. The van der Waals surface area contributed by atoms with Crippen LogP contribution in [0.2, 0.25) is 0 Å². The lowest BCUT2D eigenvalue weighted by Gasteiger charge is -2.35. The summed E-state index contributed by atoms with van der Waals surface area (Å²) in [5.74, 6) is 0.636. The summed E-state index contributed by atoms with van der Waals surface area (Å²) in [5, 5.41) is 3.10. The van der Waals surface area contributed by atoms with E-state index in [1.807, 2.05) is 25.7 Å². The molecule has 0 aliphatic carbocycles. The number of likely N-dealkylation sites (tertiary alicyclic amines) is 1. The quantitative estimate of drug-likeness (QED) is 0.849. The standard InChI is InChI=1S/C17H32N2O3/c1-13(12-17(2,3)21-4)18-16(20)19-9-7-14(8-10-19)15-6-5-11-22-15/h13-15H,5-12H2,1-4H3,(H,18,20)/t13-,15-/m0/s1. The summed E-state index contributed by atoms with van der Waals surface area (Å²) in [6.45, 7) is 8.73. The van der Waals surface area contributed by atoms with E-state index >= 15 is 0 Å². The summed E-state index contributed by atoms with van der Waals surface area (Å²) >= 11 is 0. The fourth-order valence-corrected chi connectivity index (χ4v) is 3.62. The van der Waals surface area contributed by atoms with Crippen molar-refractivity contribution in [2.45, 2.75) is 70.6 Å². The number of hydrogen-bond acceptors (Lipinski definition) is 3. The number of amides is 2. The molecule has 0 aromatic heterocycles. The van der Waals surface area contributed by atoms with Crippen LogP contribution >= 0.6 is 0 Å². The zero-order valence-electron chi connectivity index (χ0n) is 14.6. The molecule has 22 heavy (non-hydrogen) atoms. The van der Waals surface area contributed by atoms with Gasteiger partial charge in [-0.25, -0.2) is 4.79 Å². The molecule has 1 N–H and O–H groups in total. The highest BCUT2D eigenvalue weighted by molar-refractivity contribution is 5.74. The molecule has 2 aliphatic rings. The molecule has 0 bridgehead atoms. The molecule has 0 radical (unpaired) electrons. The minimum Gasteiger partial charge on any atom is -0.379 e. The summed E-state index contributed by atoms with van der Waals surface area (Å²) in [7, 11) is 1.71. The van der Waals surface area contributed by atoms with E-state index in [2.05, 4.69) is 5.32 Å². The fraction of sp³-hybridized carbons (Fsp3) is 0.941. The predicted octanol–water partition coefficient (Wildman–Crippen LogP) is 2.79. The van der Waals surface area contributed by atoms with Gasteiger partial charge in [0.1, 0.15) is 0 Å². The van der Waals surface area contributed by atoms with Crippen molar-refractivity contribution in [3.05, 3.63) is 0 Å². The largest absolute Gasteiger partial charge is 0.379 e. The maximum Gasteiger partial charge on any atom is 0.317 e. The van der Waals surface area contributed by atoms with Gasteiger partial charge in [0.05, 0.1) is 11.7 Å². The Bertz CT molecular complexity index is 359. The van der Waals surface area contributed by atoms with E-state index in [0.29, 0.717) is 12.0 Å². The average Bonchev–Trinajstić information content (AvgIpc) is 3.01. The van der Waals surface area contributed by atoms with Gasteiger partial charge in [0.15, 0.2) is 0 Å². The molecule has 2 rings (SSSR count). The van der Waals surface area contributed by atoms with Gasteiger partial charge in [-0.1, -0.05) is 0 Å². The van der Waals surface area contributed by atoms with Gasteiger partial charge in [0.2, 0.25) is 0 Å². The van der Waals surface area contributed by atoms with Crippen LogP contribution in [0.3, 0.4) is 0 Å². The lowest BCUT2D eigenvalue weighted by atomic mass is 9.90. The zero-order valence-corrected chi connectivity index (χ0v) is 14.6. The number of piperidine rings is 1. The van der Waals surface area contributed by atoms with E-state index in [4.69, 9.17) is 9.47 Å². The molecule has 2 amide bonds. The van der Waals surface area contributed by atoms with Gasteiger partial charge in [-0.15, -0.1) is 0 Å². The average molecular weight is 312 g/mol. The molecule has 2 aliphatic heterocycles. The lowest BCUT2D eigenvalue weighted by Crippen LogP contribution is -2.49. The molecule has 2 heterocycles. The Morgan fingerprint density at radius 1 is 1.36 bits per heavy atom. The Hall–Kier alpha value is -0.810. The van der Waals surface area contributed by atoms with E-state index in [0.717, 1.165) is 39.0 Å². The minimum atomic E-state index is -0.209. The van der Waals surface area contributed by atoms with E-state index < -0.39 is 0 Å². The Kier molecular flexibility index (Phi) is 6.09. The van der Waals surface area contributed by atoms with Crippen molar-refractivity contribution in [1.29, 1.82) is 0 Å². The van der Waals surface area contributed by atoms with Gasteiger partial charge in [0, 0.05) is 32.8 Å². The molecule has 2 saturated heterocycles. The van der Waals surface area contributed by atoms with E-state index in [-0.39, 0.29) is 17.7 Å². The first-order valence-corrected chi connectivity index (χ1v) is 8.63. The van der Waals surface area contributed by atoms with Crippen molar-refractivity contribution in [1.82, 2.24) is 10.2 Å². The van der Waals surface area contributed by atoms with Crippen LogP contribution in [0.25, 0.3) is 0 Å². The number of nitrogens with one attached hydrogen (secondary N) is 1. The van der Waals surface area contributed by atoms with Crippen LogP contribution < -0.4 is 5.32 Å². The first kappa shape index (κ1) is 17.5. The van der Waals surface area contributed by atoms with Gasteiger partial charge in [-0.2, -0.15) is 0 Å². The first-order chi connectivity index (χ1) is 10.4. The summed E-state index contributed by atoms with van der Waals surface area (Å²) < 4.78 is 11.2. The summed E-state index contributed by atoms with van der Waals surface area (Å²) in [5.41, 5.74) is -0.209. The van der Waals surface area contributed by atoms with E-state index in [1.165, 1.54) is 12.8 Å². The Balaban J connectivity index is 1.72. The normalized spacial score (nSPS) is 25.3. The highest BCUT2D eigenvalue weighted by Crippen LogP contribution is 2.28. The van der Waals surface area contributed by atoms with Crippen LogP contribution in [0.1, 0.15) is 52.9 Å². The molecule has 128 valence electrons. The van der Waals surface area contributed by atoms with E-state index in [9.17, 15) is 4.79 Å². The first-order valence-electron chi connectivity index (χ1n) is 8.63. The Labute approximate surface area is 134 Å². The van der Waals surface area contributed by atoms with Crippen molar-refractivity contribution >= 4 is 6.03 Å². The highest BCUT2D eigenvalue weighted by Gasteiger charge is 2.31. The lowest BCUT2D eigenvalue weighted by molar-refractivity contribution is 0.00861. The van der Waals surface area contributed by atoms with Gasteiger partial charge in [0.25, 0.3) is 0 Å². The number of rotatable bonds is 5. The number of urea groups is 1. The summed E-state index contributed by atoms with van der Waals surface area (Å²) in [6, 6.07) is 0.170. The van der Waals surface area contributed by atoms with Crippen LogP contribution in [0.15, 0.2) is 0 Å². The van der Waals surface area contributed by atoms with Crippen molar-refractivity contribution in [2.75, 3.05) is 26.8 Å². The molecule has 2 fully saturated rings. The number of carbonyl (C=O) groups excluding carboxylic acids is 1. The zero-order chi connectivity index (χ0) is 16.2. The van der Waals surface area contributed by atoms with Crippen molar-refractivity contribution in [3.63, 3.8) is 0 Å². The van der Waals surface area contributed by atoms with E-state index in [1.54, 1.807) is 7.11 Å². The number of ether oxygens (including phenoxy) is 2. The third kappa shape index (κ3) is 4.85. The second-order valence-corrected chi connectivity index (χ2v) is 7.39. The molecule has 0 aromatic carbocycles. The molecular weight excluding hydrogens is 280 g/mol. The third-order valence-electron chi connectivity index (χ3n) is 5.04. The monoisotopic (exact) mass is 312 g/mol. The molecular formula is C17H32N2O3. The fourth-order valence-electron chi connectivity index (χ4n) is 3.62. The predicted molar refractivity (Wildman–Crippen MR) is 87.0 cm³/mol. The van der Waals surface area contributed by atoms with Gasteiger partial charge >= 0.3 is 6.03 Å². The molecule has 0 unspecified atom stereocenters. The smallest absolute Gasteiger partial charge is 0.317 e. The van der Waals surface area contributed by atoms with Crippen molar-refractivity contribution < 1.29 is 14.3 Å². The van der Waals surface area contributed by atoms with Crippen LogP contribution in [-0.4, -0.2) is 55.5 Å². The van der Waals surface area contributed by atoms with Gasteiger partial charge in [-0.3, -0.25) is 0 Å². The number of nitrogens with zero attached hydrogens (tertiary/aromatic N) is 1. The van der Waals surface area contributed by atoms with Gasteiger partial charge in [-0.05, 0) is 58.8 Å². The molecule has 5 heteroatoms. The second-order valence-electron chi connectivity index (χ2n) is 7.39. The Morgan fingerprint density at radius 3 is 2.59 bits per heavy atom. The molecule has 5 nitrogen and oxygen atoms in total. The van der Waals surface area contributed by atoms with Crippen molar-refractivity contribution in [3.8, 4) is 0 Å². The van der Waals surface area contributed by atoms with Crippen molar-refractivity contribution in [2.24, 2.45) is 5.92 Å². The summed E-state index contributed by atoms with van der Waals surface area (Å²) in [6.07, 6.45) is 5.76. The van der Waals surface area contributed by atoms with Gasteiger partial charge < -0.3 is 19.7 Å². The molecule has 0 spiro atoms. The number of hydrogen-bond donors (Lipinski definition) is 1. The number of carbonyl (C=O) groups is 1. The SMILES string of the molecule is COC(C)(C)C[C@H](C)NC(=O)N1CCC([C@@H]2CCCO2)CC1.